The summed E-state index contributed by atoms with van der Waals surface area (Å²) in [5, 5.41) is 2.76. The van der Waals surface area contributed by atoms with Gasteiger partial charge >= 0.3 is 6.03 Å². The van der Waals surface area contributed by atoms with Gasteiger partial charge in [0.05, 0.1) is 0 Å². The predicted molar refractivity (Wildman–Crippen MR) is 58.7 cm³/mol. The molecule has 0 unspecified atom stereocenters. The van der Waals surface area contributed by atoms with E-state index in [2.05, 4.69) is 11.4 Å². The van der Waals surface area contributed by atoms with Crippen LogP contribution in [0.15, 0.2) is 35.0 Å². The molecule has 2 amide bonds. The number of nitrogens with one attached hydrogen (secondary N) is 1. The Labute approximate surface area is 87.5 Å². The van der Waals surface area contributed by atoms with Crippen LogP contribution in [0.2, 0.25) is 0 Å². The van der Waals surface area contributed by atoms with Gasteiger partial charge in [0, 0.05) is 29.6 Å². The zero-order valence-corrected chi connectivity index (χ0v) is 8.80. The van der Waals surface area contributed by atoms with Crippen LogP contribution in [0.25, 0.3) is 0 Å². The number of fused-ring (bicyclic) bond motifs is 1. The van der Waals surface area contributed by atoms with E-state index in [1.54, 1.807) is 22.9 Å². The van der Waals surface area contributed by atoms with E-state index >= 15 is 0 Å². The van der Waals surface area contributed by atoms with Gasteiger partial charge in [-0.15, -0.1) is 11.8 Å². The number of carbonyl (C=O) groups excluding carboxylic acids is 1. The molecule has 2 rings (SSSR count). The lowest BCUT2D eigenvalue weighted by molar-refractivity contribution is 0.226. The molecule has 0 aromatic heterocycles. The second-order valence-corrected chi connectivity index (χ2v) is 4.08. The topological polar surface area (TPSA) is 32.3 Å². The van der Waals surface area contributed by atoms with Crippen LogP contribution in [0, 0.1) is 0 Å². The van der Waals surface area contributed by atoms with E-state index in [-0.39, 0.29) is 6.03 Å². The highest BCUT2D eigenvalue weighted by Crippen LogP contribution is 2.34. The van der Waals surface area contributed by atoms with Crippen molar-refractivity contribution in [3.05, 3.63) is 35.0 Å². The molecule has 1 N–H and O–H groups in total. The quantitative estimate of drug-likeness (QED) is 0.715. The van der Waals surface area contributed by atoms with Crippen molar-refractivity contribution in [3.8, 4) is 0 Å². The molecule has 2 heterocycles. The van der Waals surface area contributed by atoms with Gasteiger partial charge < -0.3 is 5.32 Å². The van der Waals surface area contributed by atoms with E-state index in [9.17, 15) is 4.79 Å². The number of urea groups is 1. The summed E-state index contributed by atoms with van der Waals surface area (Å²) in [6.07, 6.45) is 7.83. The predicted octanol–water partition coefficient (Wildman–Crippen LogP) is 2.06. The molecule has 0 aromatic carbocycles. The minimum absolute atomic E-state index is 0.0669. The Kier molecular flexibility index (Phi) is 2.63. The molecule has 0 bridgehead atoms. The highest BCUT2D eigenvalue weighted by Gasteiger charge is 2.17. The average Bonchev–Trinajstić information content (AvgIpc) is 2.64. The van der Waals surface area contributed by atoms with Crippen molar-refractivity contribution in [2.45, 2.75) is 6.92 Å². The largest absolute Gasteiger partial charge is 0.338 e. The van der Waals surface area contributed by atoms with E-state index in [0.29, 0.717) is 6.54 Å². The SMILES string of the molecule is CCNC(=O)N1C=CC2=CCSC2=C1. The molecule has 14 heavy (non-hydrogen) atoms. The van der Waals surface area contributed by atoms with Gasteiger partial charge in [-0.05, 0) is 18.6 Å². The van der Waals surface area contributed by atoms with Crippen LogP contribution in [0.4, 0.5) is 4.79 Å². The minimum Gasteiger partial charge on any atom is -0.338 e. The van der Waals surface area contributed by atoms with Gasteiger partial charge in [0.15, 0.2) is 0 Å². The van der Waals surface area contributed by atoms with E-state index < -0.39 is 0 Å². The number of allylic oxidation sites excluding steroid dienone is 2. The molecule has 74 valence electrons. The first-order valence-electron chi connectivity index (χ1n) is 4.61. The molecular weight excluding hydrogens is 196 g/mol. The maximum absolute atomic E-state index is 11.5. The average molecular weight is 208 g/mol. The number of thioether (sulfide) groups is 1. The van der Waals surface area contributed by atoms with Gasteiger partial charge in [-0.3, -0.25) is 4.90 Å². The van der Waals surface area contributed by atoms with Crippen LogP contribution in [0.1, 0.15) is 6.92 Å². The van der Waals surface area contributed by atoms with Gasteiger partial charge in [-0.25, -0.2) is 4.79 Å². The zero-order chi connectivity index (χ0) is 9.97. The number of amides is 2. The maximum atomic E-state index is 11.5. The second kappa shape index (κ2) is 3.92. The van der Waals surface area contributed by atoms with Crippen molar-refractivity contribution >= 4 is 17.8 Å². The molecule has 0 aliphatic carbocycles. The first-order valence-corrected chi connectivity index (χ1v) is 5.59. The molecule has 4 heteroatoms. The van der Waals surface area contributed by atoms with Crippen molar-refractivity contribution in [1.82, 2.24) is 10.2 Å². The summed E-state index contributed by atoms with van der Waals surface area (Å²) in [5.41, 5.74) is 1.23. The van der Waals surface area contributed by atoms with Gasteiger partial charge in [-0.1, -0.05) is 6.08 Å². The van der Waals surface area contributed by atoms with Gasteiger partial charge in [0.1, 0.15) is 0 Å². The van der Waals surface area contributed by atoms with Crippen LogP contribution in [-0.2, 0) is 0 Å². The number of rotatable bonds is 1. The van der Waals surface area contributed by atoms with Crippen LogP contribution >= 0.6 is 11.8 Å². The van der Waals surface area contributed by atoms with Crippen molar-refractivity contribution < 1.29 is 4.79 Å². The first kappa shape index (κ1) is 9.40. The Morgan fingerprint density at radius 2 is 2.57 bits per heavy atom. The van der Waals surface area contributed by atoms with Gasteiger partial charge in [0.25, 0.3) is 0 Å². The van der Waals surface area contributed by atoms with Gasteiger partial charge in [0.2, 0.25) is 0 Å². The third-order valence-corrected chi connectivity index (χ3v) is 3.05. The summed E-state index contributed by atoms with van der Waals surface area (Å²) >= 11 is 1.76. The monoisotopic (exact) mass is 208 g/mol. The molecule has 2 aliphatic heterocycles. The highest BCUT2D eigenvalue weighted by molar-refractivity contribution is 8.03. The lowest BCUT2D eigenvalue weighted by Crippen LogP contribution is -2.33. The van der Waals surface area contributed by atoms with Crippen molar-refractivity contribution in [1.29, 1.82) is 0 Å². The second-order valence-electron chi connectivity index (χ2n) is 3.02. The smallest absolute Gasteiger partial charge is 0.325 e. The molecule has 0 atom stereocenters. The summed E-state index contributed by atoms with van der Waals surface area (Å²) in [7, 11) is 0. The zero-order valence-electron chi connectivity index (χ0n) is 7.99. The van der Waals surface area contributed by atoms with Crippen molar-refractivity contribution in [2.24, 2.45) is 0 Å². The summed E-state index contributed by atoms with van der Waals surface area (Å²) in [6, 6.07) is -0.0669. The molecule has 2 aliphatic rings. The Morgan fingerprint density at radius 1 is 1.71 bits per heavy atom. The Morgan fingerprint density at radius 3 is 3.36 bits per heavy atom. The van der Waals surface area contributed by atoms with Crippen LogP contribution < -0.4 is 5.32 Å². The molecule has 3 nitrogen and oxygen atoms in total. The number of nitrogens with zero attached hydrogens (tertiary/aromatic N) is 1. The number of hydrogen-bond donors (Lipinski definition) is 1. The van der Waals surface area contributed by atoms with E-state index in [1.807, 2.05) is 19.2 Å². The Hall–Kier alpha value is -1.16. The third kappa shape index (κ3) is 1.70. The van der Waals surface area contributed by atoms with Crippen molar-refractivity contribution in [3.63, 3.8) is 0 Å². The molecule has 0 saturated carbocycles. The molecule has 0 radical (unpaired) electrons. The standard InChI is InChI=1S/C10H12N2OS/c1-2-11-10(13)12-5-3-8-4-6-14-9(8)7-12/h3-5,7H,2,6H2,1H3,(H,11,13). The number of hydrogen-bond acceptors (Lipinski definition) is 2. The minimum atomic E-state index is -0.0669. The number of carbonyl (C=O) groups is 1. The molecular formula is C10H12N2OS. The lowest BCUT2D eigenvalue weighted by atomic mass is 10.2. The maximum Gasteiger partial charge on any atom is 0.325 e. The summed E-state index contributed by atoms with van der Waals surface area (Å²) in [6.45, 7) is 2.57. The van der Waals surface area contributed by atoms with Crippen LogP contribution in [0.5, 0.6) is 0 Å². The Bertz CT molecular complexity index is 344. The summed E-state index contributed by atoms with van der Waals surface area (Å²) in [4.78, 5) is 14.2. The Balaban J connectivity index is 2.11. The highest BCUT2D eigenvalue weighted by atomic mass is 32.2. The van der Waals surface area contributed by atoms with Gasteiger partial charge in [-0.2, -0.15) is 0 Å². The molecule has 0 fully saturated rings. The molecule has 0 spiro atoms. The summed E-state index contributed by atoms with van der Waals surface area (Å²) in [5.74, 6) is 1.01. The van der Waals surface area contributed by atoms with Crippen LogP contribution in [0.3, 0.4) is 0 Å². The van der Waals surface area contributed by atoms with E-state index in [0.717, 1.165) is 5.75 Å². The van der Waals surface area contributed by atoms with E-state index in [1.165, 1.54) is 10.5 Å². The third-order valence-electron chi connectivity index (χ3n) is 2.06. The van der Waals surface area contributed by atoms with E-state index in [4.69, 9.17) is 0 Å². The fourth-order valence-corrected chi connectivity index (χ4v) is 2.31. The van der Waals surface area contributed by atoms with Crippen LogP contribution in [-0.4, -0.2) is 23.2 Å². The normalized spacial score (nSPS) is 18.8. The van der Waals surface area contributed by atoms with Crippen molar-refractivity contribution in [2.75, 3.05) is 12.3 Å². The fourth-order valence-electron chi connectivity index (χ4n) is 1.37. The lowest BCUT2D eigenvalue weighted by Gasteiger charge is -2.18. The first-order chi connectivity index (χ1) is 6.81. The molecule has 0 aromatic rings. The summed E-state index contributed by atoms with van der Waals surface area (Å²) < 4.78 is 0. The molecule has 0 saturated heterocycles. The fraction of sp³-hybridized carbons (Fsp3) is 0.300.